The zero-order valence-electron chi connectivity index (χ0n) is 18.1. The van der Waals surface area contributed by atoms with Gasteiger partial charge in [0.05, 0.1) is 13.2 Å². The third kappa shape index (κ3) is 9.20. The van der Waals surface area contributed by atoms with E-state index in [-0.39, 0.29) is 23.6 Å². The predicted molar refractivity (Wildman–Crippen MR) is 113 cm³/mol. The van der Waals surface area contributed by atoms with E-state index in [4.69, 9.17) is 9.94 Å². The van der Waals surface area contributed by atoms with Crippen molar-refractivity contribution in [3.05, 3.63) is 71.3 Å². The van der Waals surface area contributed by atoms with Crippen LogP contribution in [-0.2, 0) is 27.3 Å². The molecular weight excluding hydrogens is 408 g/mol. The Morgan fingerprint density at radius 2 is 1.29 bits per heavy atom. The molecule has 170 valence electrons. The Bertz CT molecular complexity index is 817. The lowest BCUT2D eigenvalue weighted by molar-refractivity contribution is -0.170. The van der Waals surface area contributed by atoms with Gasteiger partial charge in [-0.25, -0.2) is 13.8 Å². The SMILES string of the molecule is CN[C@@H](Cc1ccc(F)cc1)C(=O)N(C)OC.CN[C@@H](Cc1ccc(F)cc1)C(=O)O. The summed E-state index contributed by atoms with van der Waals surface area (Å²) in [5.41, 5.74) is 1.69. The van der Waals surface area contributed by atoms with Gasteiger partial charge in [0.15, 0.2) is 0 Å². The average Bonchev–Trinajstić information content (AvgIpc) is 2.77. The first-order chi connectivity index (χ1) is 14.7. The molecule has 0 saturated heterocycles. The van der Waals surface area contributed by atoms with Crippen LogP contribution in [0.2, 0.25) is 0 Å². The minimum absolute atomic E-state index is 0.167. The molecular formula is C22H29F2N3O4. The number of hydrogen-bond donors (Lipinski definition) is 3. The van der Waals surface area contributed by atoms with Gasteiger partial charge in [-0.1, -0.05) is 24.3 Å². The van der Waals surface area contributed by atoms with Crippen LogP contribution in [0, 0.1) is 11.6 Å². The minimum atomic E-state index is -0.906. The van der Waals surface area contributed by atoms with Gasteiger partial charge in [-0.2, -0.15) is 0 Å². The summed E-state index contributed by atoms with van der Waals surface area (Å²) in [4.78, 5) is 27.3. The van der Waals surface area contributed by atoms with E-state index in [2.05, 4.69) is 10.6 Å². The zero-order valence-corrected chi connectivity index (χ0v) is 18.1. The third-order valence-corrected chi connectivity index (χ3v) is 4.58. The number of likely N-dealkylation sites (N-methyl/N-ethyl adjacent to an activating group) is 3. The maximum atomic E-state index is 12.7. The Balaban J connectivity index is 0.000000316. The maximum absolute atomic E-state index is 12.7. The van der Waals surface area contributed by atoms with Gasteiger partial charge in [-0.15, -0.1) is 0 Å². The number of nitrogens with zero attached hydrogens (tertiary/aromatic N) is 1. The van der Waals surface area contributed by atoms with Gasteiger partial charge in [0.25, 0.3) is 5.91 Å². The number of hydrogen-bond acceptors (Lipinski definition) is 5. The lowest BCUT2D eigenvalue weighted by Crippen LogP contribution is -2.44. The molecule has 0 spiro atoms. The number of carbonyl (C=O) groups is 2. The number of carbonyl (C=O) groups excluding carboxylic acids is 1. The van der Waals surface area contributed by atoms with E-state index in [1.807, 2.05) is 0 Å². The van der Waals surface area contributed by atoms with Gasteiger partial charge in [0.2, 0.25) is 0 Å². The second kappa shape index (κ2) is 13.4. The molecule has 2 aromatic rings. The van der Waals surface area contributed by atoms with Crippen LogP contribution in [0.1, 0.15) is 11.1 Å². The van der Waals surface area contributed by atoms with Crippen molar-refractivity contribution in [2.75, 3.05) is 28.3 Å². The van der Waals surface area contributed by atoms with Crippen molar-refractivity contribution in [2.24, 2.45) is 0 Å². The first kappa shape index (κ1) is 26.2. The minimum Gasteiger partial charge on any atom is -0.480 e. The molecule has 0 aliphatic carbocycles. The van der Waals surface area contributed by atoms with Gasteiger partial charge < -0.3 is 15.7 Å². The van der Waals surface area contributed by atoms with E-state index >= 15 is 0 Å². The second-order valence-corrected chi connectivity index (χ2v) is 6.70. The van der Waals surface area contributed by atoms with Gasteiger partial charge >= 0.3 is 5.97 Å². The molecule has 0 unspecified atom stereocenters. The van der Waals surface area contributed by atoms with Gasteiger partial charge in [-0.3, -0.25) is 14.4 Å². The predicted octanol–water partition coefficient (Wildman–Crippen LogP) is 2.02. The molecule has 3 N–H and O–H groups in total. The van der Waals surface area contributed by atoms with Crippen LogP contribution in [-0.4, -0.2) is 62.4 Å². The summed E-state index contributed by atoms with van der Waals surface area (Å²) in [6.45, 7) is 0. The molecule has 2 aromatic carbocycles. The highest BCUT2D eigenvalue weighted by molar-refractivity contribution is 5.81. The Hall–Kier alpha value is -2.88. The Kier molecular flexibility index (Phi) is 11.3. The quantitative estimate of drug-likeness (QED) is 0.520. The fourth-order valence-corrected chi connectivity index (χ4v) is 2.65. The molecule has 2 atom stereocenters. The molecule has 0 aromatic heterocycles. The molecule has 7 nitrogen and oxygen atoms in total. The van der Waals surface area contributed by atoms with E-state index in [1.54, 1.807) is 45.4 Å². The smallest absolute Gasteiger partial charge is 0.321 e. The highest BCUT2D eigenvalue weighted by atomic mass is 19.1. The van der Waals surface area contributed by atoms with Crippen molar-refractivity contribution in [3.8, 4) is 0 Å². The van der Waals surface area contributed by atoms with Crippen molar-refractivity contribution in [3.63, 3.8) is 0 Å². The topological polar surface area (TPSA) is 90.9 Å². The standard InChI is InChI=1S/C12H17FN2O2.C10H12FNO2/c1-14-11(12(16)15(2)17-3)8-9-4-6-10(13)7-5-9;1-12-9(10(13)14)6-7-2-4-8(11)5-3-7/h4-7,11,14H,8H2,1-3H3;2-5,9,12H,6H2,1H3,(H,13,14)/t11-;9-/m00/s1. The second-order valence-electron chi connectivity index (χ2n) is 6.70. The number of amides is 1. The first-order valence-corrected chi connectivity index (χ1v) is 9.59. The molecule has 31 heavy (non-hydrogen) atoms. The number of carboxylic acids is 1. The number of aliphatic carboxylic acids is 1. The van der Waals surface area contributed by atoms with Crippen LogP contribution in [0.5, 0.6) is 0 Å². The first-order valence-electron chi connectivity index (χ1n) is 9.59. The normalized spacial score (nSPS) is 12.3. The largest absolute Gasteiger partial charge is 0.480 e. The van der Waals surface area contributed by atoms with Crippen LogP contribution in [0.4, 0.5) is 8.78 Å². The van der Waals surface area contributed by atoms with E-state index in [1.165, 1.54) is 36.4 Å². The van der Waals surface area contributed by atoms with E-state index in [0.29, 0.717) is 12.8 Å². The number of carboxylic acid groups (broad SMARTS) is 1. The zero-order chi connectivity index (χ0) is 23.4. The van der Waals surface area contributed by atoms with Gasteiger partial charge in [0, 0.05) is 7.05 Å². The van der Waals surface area contributed by atoms with Crippen molar-refractivity contribution in [1.29, 1.82) is 0 Å². The van der Waals surface area contributed by atoms with Crippen molar-refractivity contribution >= 4 is 11.9 Å². The molecule has 1 amide bonds. The van der Waals surface area contributed by atoms with Crippen LogP contribution in [0.15, 0.2) is 48.5 Å². The number of benzene rings is 2. The summed E-state index contributed by atoms with van der Waals surface area (Å²) in [7, 11) is 6.28. The molecule has 0 radical (unpaired) electrons. The molecule has 0 fully saturated rings. The van der Waals surface area contributed by atoms with Crippen molar-refractivity contribution < 1.29 is 28.3 Å². The number of halogens is 2. The summed E-state index contributed by atoms with van der Waals surface area (Å²) in [5.74, 6) is -1.67. The van der Waals surface area contributed by atoms with Crippen LogP contribution in [0.3, 0.4) is 0 Å². The van der Waals surface area contributed by atoms with E-state index in [9.17, 15) is 18.4 Å². The van der Waals surface area contributed by atoms with Crippen LogP contribution >= 0.6 is 0 Å². The van der Waals surface area contributed by atoms with Crippen molar-refractivity contribution in [1.82, 2.24) is 15.7 Å². The summed E-state index contributed by atoms with van der Waals surface area (Å²) in [6.07, 6.45) is 0.843. The number of hydroxylamine groups is 2. The highest BCUT2D eigenvalue weighted by Gasteiger charge is 2.20. The third-order valence-electron chi connectivity index (χ3n) is 4.58. The molecule has 0 saturated carbocycles. The van der Waals surface area contributed by atoms with Crippen LogP contribution in [0.25, 0.3) is 0 Å². The van der Waals surface area contributed by atoms with E-state index < -0.39 is 12.0 Å². The molecule has 9 heteroatoms. The lowest BCUT2D eigenvalue weighted by atomic mass is 10.1. The average molecular weight is 437 g/mol. The molecule has 0 aliphatic rings. The molecule has 0 aliphatic heterocycles. The van der Waals surface area contributed by atoms with Crippen molar-refractivity contribution in [2.45, 2.75) is 24.9 Å². The molecule has 0 heterocycles. The van der Waals surface area contributed by atoms with Crippen LogP contribution < -0.4 is 10.6 Å². The molecule has 0 bridgehead atoms. The lowest BCUT2D eigenvalue weighted by Gasteiger charge is -2.21. The summed E-state index contributed by atoms with van der Waals surface area (Å²) in [6, 6.07) is 10.9. The monoisotopic (exact) mass is 437 g/mol. The fourth-order valence-electron chi connectivity index (χ4n) is 2.65. The van der Waals surface area contributed by atoms with Gasteiger partial charge in [-0.05, 0) is 62.3 Å². The number of rotatable bonds is 9. The highest BCUT2D eigenvalue weighted by Crippen LogP contribution is 2.08. The molecule has 2 rings (SSSR count). The Labute approximate surface area is 181 Å². The maximum Gasteiger partial charge on any atom is 0.321 e. The Morgan fingerprint density at radius 1 is 0.903 bits per heavy atom. The van der Waals surface area contributed by atoms with E-state index in [0.717, 1.165) is 11.1 Å². The number of nitrogens with one attached hydrogen (secondary N) is 2. The summed E-state index contributed by atoms with van der Waals surface area (Å²) < 4.78 is 25.3. The van der Waals surface area contributed by atoms with Gasteiger partial charge in [0.1, 0.15) is 17.7 Å². The fraction of sp³-hybridized carbons (Fsp3) is 0.364. The Morgan fingerprint density at radius 3 is 1.61 bits per heavy atom. The summed E-state index contributed by atoms with van der Waals surface area (Å²) in [5, 5.41) is 15.5. The summed E-state index contributed by atoms with van der Waals surface area (Å²) >= 11 is 0.